The van der Waals surface area contributed by atoms with Gasteiger partial charge >= 0.3 is 0 Å². The van der Waals surface area contributed by atoms with E-state index in [1.165, 1.54) is 15.4 Å². The summed E-state index contributed by atoms with van der Waals surface area (Å²) in [6, 6.07) is 24.7. The predicted molar refractivity (Wildman–Crippen MR) is 117 cm³/mol. The SMILES string of the molecule is c1ccc2c(c1)oc1ccc3oc4cccc5oc6cccc7c6p(c54)c3c1n27. The zero-order chi connectivity index (χ0) is 18.7. The van der Waals surface area contributed by atoms with Gasteiger partial charge in [-0.25, -0.2) is 0 Å². The molecule has 136 valence electrons. The smallest absolute Gasteiger partial charge is 0.152 e. The van der Waals surface area contributed by atoms with E-state index < -0.39 is 7.34 Å². The summed E-state index contributed by atoms with van der Waals surface area (Å²) in [5.41, 5.74) is 8.67. The minimum absolute atomic E-state index is 0.779. The fraction of sp³-hybridized carbons (Fsp3) is 0. The van der Waals surface area contributed by atoms with Gasteiger partial charge in [-0.2, -0.15) is 0 Å². The predicted octanol–water partition coefficient (Wildman–Crippen LogP) is 7.92. The summed E-state index contributed by atoms with van der Waals surface area (Å²) in [6.07, 6.45) is 0. The third-order valence-electron chi connectivity index (χ3n) is 5.92. The molecule has 1 atom stereocenters. The molecule has 0 saturated carbocycles. The van der Waals surface area contributed by atoms with Gasteiger partial charge in [-0.1, -0.05) is 31.6 Å². The average molecular weight is 393 g/mol. The Balaban J connectivity index is 1.92. The van der Waals surface area contributed by atoms with Crippen LogP contribution in [0.4, 0.5) is 0 Å². The minimum atomic E-state index is -0.779. The van der Waals surface area contributed by atoms with E-state index in [1.54, 1.807) is 0 Å². The summed E-state index contributed by atoms with van der Waals surface area (Å²) in [5, 5.41) is 3.64. The van der Waals surface area contributed by atoms with Gasteiger partial charge in [0.15, 0.2) is 11.2 Å². The lowest BCUT2D eigenvalue weighted by molar-refractivity contribution is 0.645. The second-order valence-electron chi connectivity index (χ2n) is 7.43. The lowest BCUT2D eigenvalue weighted by Crippen LogP contribution is -1.97. The Bertz CT molecular complexity index is 1910. The maximum absolute atomic E-state index is 6.36. The van der Waals surface area contributed by atoms with Crippen LogP contribution in [0.5, 0.6) is 0 Å². The molecule has 5 heteroatoms. The van der Waals surface area contributed by atoms with E-state index in [1.807, 2.05) is 42.5 Å². The first-order valence-electron chi connectivity index (χ1n) is 9.54. The molecule has 4 heterocycles. The van der Waals surface area contributed by atoms with Gasteiger partial charge in [0.25, 0.3) is 0 Å². The highest BCUT2D eigenvalue weighted by Crippen LogP contribution is 2.55. The molecule has 0 aliphatic heterocycles. The Morgan fingerprint density at radius 2 is 1.07 bits per heavy atom. The van der Waals surface area contributed by atoms with Crippen molar-refractivity contribution in [3.63, 3.8) is 0 Å². The van der Waals surface area contributed by atoms with Crippen molar-refractivity contribution in [1.82, 2.24) is 4.40 Å². The van der Waals surface area contributed by atoms with Gasteiger partial charge in [0, 0.05) is 0 Å². The maximum atomic E-state index is 6.36. The van der Waals surface area contributed by atoms with Crippen LogP contribution in [0.15, 0.2) is 86.0 Å². The first-order valence-corrected chi connectivity index (χ1v) is 10.9. The average Bonchev–Trinajstić information content (AvgIpc) is 2.77. The molecule has 0 spiro atoms. The normalized spacial score (nSPS) is 13.4. The van der Waals surface area contributed by atoms with Gasteiger partial charge in [0.2, 0.25) is 0 Å². The number of para-hydroxylation sites is 2. The molecule has 0 saturated heterocycles. The fourth-order valence-electron chi connectivity index (χ4n) is 4.81. The van der Waals surface area contributed by atoms with Crippen molar-refractivity contribution < 1.29 is 13.3 Å². The molecule has 8 rings (SSSR count). The lowest BCUT2D eigenvalue weighted by Gasteiger charge is -2.20. The summed E-state index contributed by atoms with van der Waals surface area (Å²) >= 11 is 0. The monoisotopic (exact) mass is 393 g/mol. The van der Waals surface area contributed by atoms with Gasteiger partial charge in [-0.05, 0) is 48.5 Å². The Morgan fingerprint density at radius 3 is 1.93 bits per heavy atom. The quantitative estimate of drug-likeness (QED) is 0.194. The van der Waals surface area contributed by atoms with Gasteiger partial charge in [0.1, 0.15) is 27.8 Å². The molecule has 0 aliphatic rings. The van der Waals surface area contributed by atoms with E-state index in [0.29, 0.717) is 0 Å². The highest BCUT2D eigenvalue weighted by molar-refractivity contribution is 7.63. The third kappa shape index (κ3) is 1.56. The van der Waals surface area contributed by atoms with Gasteiger partial charge in [-0.15, -0.1) is 0 Å². The van der Waals surface area contributed by atoms with Gasteiger partial charge in [0.05, 0.1) is 26.4 Å². The summed E-state index contributed by atoms with van der Waals surface area (Å²) in [5.74, 6) is 0. The van der Waals surface area contributed by atoms with Gasteiger partial charge in [-0.3, -0.25) is 0 Å². The Labute approximate surface area is 163 Å². The molecule has 1 unspecified atom stereocenters. The zero-order valence-corrected chi connectivity index (χ0v) is 15.9. The molecule has 4 aromatic heterocycles. The summed E-state index contributed by atoms with van der Waals surface area (Å²) < 4.78 is 21.4. The van der Waals surface area contributed by atoms with E-state index >= 15 is 0 Å². The summed E-state index contributed by atoms with van der Waals surface area (Å²) in [7, 11) is -0.779. The van der Waals surface area contributed by atoms with Crippen LogP contribution in [0.1, 0.15) is 0 Å². The molecular formula is C24H12NO3P. The van der Waals surface area contributed by atoms with Crippen molar-refractivity contribution in [3.05, 3.63) is 72.8 Å². The molecule has 4 nitrogen and oxygen atoms in total. The number of hydrogen-bond acceptors (Lipinski definition) is 3. The summed E-state index contributed by atoms with van der Waals surface area (Å²) in [6.45, 7) is 0. The number of fused-ring (bicyclic) bond motifs is 3. The highest BCUT2D eigenvalue weighted by Gasteiger charge is 2.23. The van der Waals surface area contributed by atoms with Gasteiger partial charge < -0.3 is 17.7 Å². The van der Waals surface area contributed by atoms with Crippen molar-refractivity contribution in [2.24, 2.45) is 0 Å². The van der Waals surface area contributed by atoms with E-state index in [0.717, 1.165) is 50.0 Å². The van der Waals surface area contributed by atoms with Crippen LogP contribution >= 0.6 is 7.34 Å². The fourth-order valence-corrected chi connectivity index (χ4v) is 7.67. The van der Waals surface area contributed by atoms with Crippen molar-refractivity contribution in [2.75, 3.05) is 0 Å². The van der Waals surface area contributed by atoms with Crippen molar-refractivity contribution in [2.45, 2.75) is 0 Å². The number of hydrogen-bond donors (Lipinski definition) is 0. The van der Waals surface area contributed by atoms with Crippen LogP contribution < -0.4 is 0 Å². The highest BCUT2D eigenvalue weighted by atomic mass is 31.1. The number of aromatic nitrogens is 1. The largest absolute Gasteiger partial charge is 0.455 e. The lowest BCUT2D eigenvalue weighted by atomic mass is 10.2. The van der Waals surface area contributed by atoms with Crippen molar-refractivity contribution in [3.8, 4) is 0 Å². The third-order valence-corrected chi connectivity index (χ3v) is 8.58. The molecule has 0 bridgehead atoms. The number of benzene rings is 4. The molecule has 8 aromatic rings. The van der Waals surface area contributed by atoms with Crippen molar-refractivity contribution >= 4 is 72.7 Å². The van der Waals surface area contributed by atoms with Crippen LogP contribution in [-0.2, 0) is 0 Å². The molecule has 0 radical (unpaired) electrons. The molecule has 0 aliphatic carbocycles. The van der Waals surface area contributed by atoms with E-state index in [9.17, 15) is 0 Å². The molecule has 0 N–H and O–H groups in total. The van der Waals surface area contributed by atoms with Crippen molar-refractivity contribution in [1.29, 1.82) is 0 Å². The maximum Gasteiger partial charge on any atom is 0.152 e. The van der Waals surface area contributed by atoms with E-state index in [4.69, 9.17) is 13.3 Å². The Hall–Kier alpha value is -3.62. The first kappa shape index (κ1) is 14.4. The molecule has 0 amide bonds. The molecule has 29 heavy (non-hydrogen) atoms. The van der Waals surface area contributed by atoms with Crippen LogP contribution in [0, 0.1) is 0 Å². The second kappa shape index (κ2) is 4.68. The Kier molecular flexibility index (Phi) is 2.32. The molecular weight excluding hydrogens is 381 g/mol. The minimum Gasteiger partial charge on any atom is -0.455 e. The standard InChI is InChI=1S/C24H12NO3P/c1-2-7-15-13(5-1)25-14-6-3-8-17-22(14)29-23-18(27-17)9-4-10-19(23)28-20-12-11-16(26-15)21(25)24(20)29/h1-12H. The summed E-state index contributed by atoms with van der Waals surface area (Å²) in [4.78, 5) is 0. The van der Waals surface area contributed by atoms with Crippen LogP contribution in [-0.4, -0.2) is 4.40 Å². The first-order chi connectivity index (χ1) is 14.4. The van der Waals surface area contributed by atoms with E-state index in [-0.39, 0.29) is 0 Å². The second-order valence-corrected chi connectivity index (χ2v) is 9.44. The Morgan fingerprint density at radius 1 is 0.483 bits per heavy atom. The van der Waals surface area contributed by atoms with Crippen LogP contribution in [0.3, 0.4) is 0 Å². The molecule has 0 fully saturated rings. The van der Waals surface area contributed by atoms with E-state index in [2.05, 4.69) is 34.7 Å². The number of nitrogens with zero attached hydrogens (tertiary/aromatic N) is 1. The molecule has 4 aromatic carbocycles. The zero-order valence-electron chi connectivity index (χ0n) is 15.0. The number of rotatable bonds is 0. The van der Waals surface area contributed by atoms with Crippen LogP contribution in [0.2, 0.25) is 0 Å². The topological polar surface area (TPSA) is 43.8 Å². The van der Waals surface area contributed by atoms with Crippen LogP contribution in [0.25, 0.3) is 65.4 Å².